The number of hydrogen-bond acceptors (Lipinski definition) is 4. The Hall–Kier alpha value is -0.670. The minimum atomic E-state index is -4.12. The van der Waals surface area contributed by atoms with Gasteiger partial charge in [-0.25, -0.2) is 21.2 Å². The highest BCUT2D eigenvalue weighted by Gasteiger charge is 2.29. The van der Waals surface area contributed by atoms with Crippen LogP contribution in [0.5, 0.6) is 0 Å². The van der Waals surface area contributed by atoms with Crippen molar-refractivity contribution in [1.29, 1.82) is 0 Å². The number of hydrogen-bond donors (Lipinski definition) is 0. The molecule has 1 aromatic rings. The molecule has 0 aliphatic rings. The van der Waals surface area contributed by atoms with Crippen LogP contribution < -0.4 is 3.71 Å². The first kappa shape index (κ1) is 14.4. The van der Waals surface area contributed by atoms with Gasteiger partial charge in [-0.15, -0.1) is 0 Å². The predicted molar refractivity (Wildman–Crippen MR) is 66.3 cm³/mol. The van der Waals surface area contributed by atoms with Gasteiger partial charge in [-0.1, -0.05) is 15.9 Å². The fourth-order valence-electron chi connectivity index (χ4n) is 1.23. The maximum atomic E-state index is 13.6. The van der Waals surface area contributed by atoms with Crippen LogP contribution in [0, 0.1) is 5.82 Å². The SMILES string of the molecule is CS(=O)(=O)N(c1ccc(Br)cc1F)S(C)(=O)=O. The first-order chi connectivity index (χ1) is 7.53. The van der Waals surface area contributed by atoms with Gasteiger partial charge in [0.2, 0.25) is 20.0 Å². The van der Waals surface area contributed by atoms with Gasteiger partial charge >= 0.3 is 0 Å². The summed E-state index contributed by atoms with van der Waals surface area (Å²) in [5.74, 6) is -0.949. The quantitative estimate of drug-likeness (QED) is 0.828. The second-order valence-electron chi connectivity index (χ2n) is 3.32. The summed E-state index contributed by atoms with van der Waals surface area (Å²) < 4.78 is 59.5. The minimum Gasteiger partial charge on any atom is -0.206 e. The molecule has 0 radical (unpaired) electrons. The van der Waals surface area contributed by atoms with Gasteiger partial charge in [-0.3, -0.25) is 0 Å². The van der Waals surface area contributed by atoms with Crippen molar-refractivity contribution in [2.75, 3.05) is 16.2 Å². The fraction of sp³-hybridized carbons (Fsp3) is 0.250. The van der Waals surface area contributed by atoms with Gasteiger partial charge in [0.1, 0.15) is 11.5 Å². The normalized spacial score (nSPS) is 12.5. The second kappa shape index (κ2) is 4.54. The van der Waals surface area contributed by atoms with Crippen molar-refractivity contribution in [2.45, 2.75) is 0 Å². The molecule has 0 heterocycles. The zero-order chi connectivity index (χ0) is 13.4. The lowest BCUT2D eigenvalue weighted by atomic mass is 10.3. The lowest BCUT2D eigenvalue weighted by molar-refractivity contribution is 0.585. The summed E-state index contributed by atoms with van der Waals surface area (Å²) in [6.07, 6.45) is 1.38. The molecule has 1 rings (SSSR count). The zero-order valence-corrected chi connectivity index (χ0v) is 12.1. The van der Waals surface area contributed by atoms with E-state index in [1.165, 1.54) is 6.07 Å². The van der Waals surface area contributed by atoms with Crippen LogP contribution >= 0.6 is 15.9 Å². The van der Waals surface area contributed by atoms with E-state index in [9.17, 15) is 21.2 Å². The largest absolute Gasteiger partial charge is 0.245 e. The Bertz CT molecular complexity index is 609. The monoisotopic (exact) mass is 345 g/mol. The van der Waals surface area contributed by atoms with Gasteiger partial charge in [0, 0.05) is 4.47 Å². The molecule has 9 heteroatoms. The molecule has 0 aliphatic carbocycles. The average molecular weight is 346 g/mol. The maximum absolute atomic E-state index is 13.6. The Morgan fingerprint density at radius 1 is 1.12 bits per heavy atom. The van der Waals surface area contributed by atoms with E-state index in [-0.39, 0.29) is 3.71 Å². The molecule has 0 saturated heterocycles. The zero-order valence-electron chi connectivity index (χ0n) is 8.88. The van der Waals surface area contributed by atoms with Crippen LogP contribution in [0.1, 0.15) is 0 Å². The van der Waals surface area contributed by atoms with E-state index < -0.39 is 31.6 Å². The summed E-state index contributed by atoms with van der Waals surface area (Å²) in [6, 6.07) is 3.40. The molecule has 0 aromatic heterocycles. The first-order valence-corrected chi connectivity index (χ1v) is 8.68. The predicted octanol–water partition coefficient (Wildman–Crippen LogP) is 1.31. The second-order valence-corrected chi connectivity index (χ2v) is 8.13. The lowest BCUT2D eigenvalue weighted by Gasteiger charge is -2.20. The Morgan fingerprint density at radius 3 is 1.94 bits per heavy atom. The van der Waals surface area contributed by atoms with Gasteiger partial charge in [-0.05, 0) is 18.2 Å². The number of nitrogens with zero attached hydrogens (tertiary/aromatic N) is 1. The van der Waals surface area contributed by atoms with Gasteiger partial charge in [0.15, 0.2) is 0 Å². The summed E-state index contributed by atoms with van der Waals surface area (Å²) in [6.45, 7) is 0. The van der Waals surface area contributed by atoms with E-state index in [0.717, 1.165) is 12.1 Å². The minimum absolute atomic E-state index is 0.0573. The maximum Gasteiger partial charge on any atom is 0.245 e. The molecule has 0 unspecified atom stereocenters. The highest BCUT2D eigenvalue weighted by Crippen LogP contribution is 2.26. The first-order valence-electron chi connectivity index (χ1n) is 4.19. The van der Waals surface area contributed by atoms with Crippen molar-refractivity contribution in [2.24, 2.45) is 0 Å². The smallest absolute Gasteiger partial charge is 0.206 e. The van der Waals surface area contributed by atoms with Crippen molar-refractivity contribution in [3.05, 3.63) is 28.5 Å². The van der Waals surface area contributed by atoms with Crippen LogP contribution in [-0.2, 0) is 20.0 Å². The molecule has 1 aromatic carbocycles. The van der Waals surface area contributed by atoms with Crippen molar-refractivity contribution in [1.82, 2.24) is 0 Å². The van der Waals surface area contributed by atoms with Crippen LogP contribution in [0.15, 0.2) is 22.7 Å². The molecule has 5 nitrogen and oxygen atoms in total. The number of anilines is 1. The molecule has 0 aliphatic heterocycles. The van der Waals surface area contributed by atoms with Crippen molar-refractivity contribution in [3.8, 4) is 0 Å². The van der Waals surface area contributed by atoms with Crippen LogP contribution in [0.3, 0.4) is 0 Å². The third kappa shape index (κ3) is 3.39. The summed E-state index contributed by atoms with van der Waals surface area (Å²) in [5.41, 5.74) is -0.529. The summed E-state index contributed by atoms with van der Waals surface area (Å²) in [5, 5.41) is 0. The van der Waals surface area contributed by atoms with E-state index in [1.54, 1.807) is 0 Å². The van der Waals surface area contributed by atoms with Gasteiger partial charge < -0.3 is 0 Å². The molecule has 0 saturated carbocycles. The average Bonchev–Trinajstić information content (AvgIpc) is 2.04. The lowest BCUT2D eigenvalue weighted by Crippen LogP contribution is -2.35. The van der Waals surface area contributed by atoms with Gasteiger partial charge in [0.25, 0.3) is 0 Å². The number of sulfonamides is 2. The van der Waals surface area contributed by atoms with Crippen LogP contribution in [0.4, 0.5) is 10.1 Å². The van der Waals surface area contributed by atoms with Gasteiger partial charge in [-0.2, -0.15) is 3.71 Å². The van der Waals surface area contributed by atoms with E-state index >= 15 is 0 Å². The molecule has 96 valence electrons. The number of benzene rings is 1. The van der Waals surface area contributed by atoms with E-state index in [2.05, 4.69) is 15.9 Å². The Labute approximate surface area is 107 Å². The third-order valence-corrected chi connectivity index (χ3v) is 5.43. The van der Waals surface area contributed by atoms with Crippen LogP contribution in [0.2, 0.25) is 0 Å². The molecular weight excluding hydrogens is 337 g/mol. The van der Waals surface area contributed by atoms with Crippen molar-refractivity contribution < 1.29 is 21.2 Å². The standard InChI is InChI=1S/C8H9BrFNO4S2/c1-16(12,13)11(17(2,14)15)8-4-3-6(9)5-7(8)10/h3-5H,1-2H3. The van der Waals surface area contributed by atoms with E-state index in [1.807, 2.05) is 0 Å². The highest BCUT2D eigenvalue weighted by atomic mass is 79.9. The third-order valence-electron chi connectivity index (χ3n) is 1.71. The molecular formula is C8H9BrFNO4S2. The highest BCUT2D eigenvalue weighted by molar-refractivity contribution is 9.10. The molecule has 0 N–H and O–H groups in total. The summed E-state index contributed by atoms with van der Waals surface area (Å²) in [4.78, 5) is 0. The van der Waals surface area contributed by atoms with Crippen LogP contribution in [0.25, 0.3) is 0 Å². The molecule has 0 bridgehead atoms. The Balaban J connectivity index is 3.56. The van der Waals surface area contributed by atoms with E-state index in [0.29, 0.717) is 17.0 Å². The van der Waals surface area contributed by atoms with Crippen molar-refractivity contribution >= 4 is 41.7 Å². The molecule has 0 spiro atoms. The van der Waals surface area contributed by atoms with Crippen LogP contribution in [-0.4, -0.2) is 29.3 Å². The Kier molecular flexibility index (Phi) is 3.84. The topological polar surface area (TPSA) is 71.5 Å². The molecule has 0 amide bonds. The van der Waals surface area contributed by atoms with Gasteiger partial charge in [0.05, 0.1) is 12.5 Å². The number of rotatable bonds is 3. The van der Waals surface area contributed by atoms with Crippen molar-refractivity contribution in [3.63, 3.8) is 0 Å². The molecule has 17 heavy (non-hydrogen) atoms. The number of halogens is 2. The molecule has 0 atom stereocenters. The summed E-state index contributed by atoms with van der Waals surface area (Å²) in [7, 11) is -8.24. The Morgan fingerprint density at radius 2 is 1.59 bits per heavy atom. The summed E-state index contributed by atoms with van der Waals surface area (Å²) >= 11 is 2.99. The fourth-order valence-corrected chi connectivity index (χ4v) is 4.54. The van der Waals surface area contributed by atoms with E-state index in [4.69, 9.17) is 0 Å². The molecule has 0 fully saturated rings.